The lowest BCUT2D eigenvalue weighted by Crippen LogP contribution is -2.15. The van der Waals surface area contributed by atoms with Gasteiger partial charge in [-0.3, -0.25) is 0 Å². The van der Waals surface area contributed by atoms with Gasteiger partial charge in [-0.05, 0) is 30.3 Å². The van der Waals surface area contributed by atoms with E-state index in [4.69, 9.17) is 16.0 Å². The van der Waals surface area contributed by atoms with Crippen LogP contribution in [0.2, 0.25) is 5.02 Å². The first kappa shape index (κ1) is 21.5. The number of imidazole rings is 1. The van der Waals surface area contributed by atoms with E-state index in [0.717, 1.165) is 10.3 Å². The highest BCUT2D eigenvalue weighted by Gasteiger charge is 2.38. The van der Waals surface area contributed by atoms with Gasteiger partial charge in [-0.15, -0.1) is 15.3 Å². The molecule has 0 amide bonds. The topological polar surface area (TPSA) is 87.5 Å². The standard InChI is InChI=1S/C20H13ClF3N7OS/c21-12-4-3-5-14(8-12)31-9-13(26-29-31)11-33-19-28-27-17(32-19)10-30-16-7-2-1-6-15(16)25-18(30)20(22,23)24/h1-9H,10-11H2. The maximum Gasteiger partial charge on any atom is 0.449 e. The first-order valence-corrected chi connectivity index (χ1v) is 10.9. The van der Waals surface area contributed by atoms with E-state index in [1.807, 2.05) is 6.07 Å². The van der Waals surface area contributed by atoms with Crippen LogP contribution >= 0.6 is 23.4 Å². The summed E-state index contributed by atoms with van der Waals surface area (Å²) in [4.78, 5) is 3.71. The molecule has 8 nitrogen and oxygen atoms in total. The van der Waals surface area contributed by atoms with Crippen molar-refractivity contribution < 1.29 is 17.6 Å². The normalized spacial score (nSPS) is 12.0. The van der Waals surface area contributed by atoms with Crippen LogP contribution in [0.4, 0.5) is 13.2 Å². The third-order valence-corrected chi connectivity index (χ3v) is 5.69. The van der Waals surface area contributed by atoms with Gasteiger partial charge in [-0.25, -0.2) is 9.67 Å². The van der Waals surface area contributed by atoms with E-state index in [-0.39, 0.29) is 23.2 Å². The predicted octanol–water partition coefficient (Wildman–Crippen LogP) is 5.01. The molecule has 5 aromatic rings. The van der Waals surface area contributed by atoms with Crippen molar-refractivity contribution >= 4 is 34.4 Å². The molecule has 0 spiro atoms. The van der Waals surface area contributed by atoms with Crippen molar-refractivity contribution in [3.8, 4) is 5.69 Å². The largest absolute Gasteiger partial charge is 0.449 e. The maximum atomic E-state index is 13.5. The second-order valence-corrected chi connectivity index (χ2v) is 8.26. The monoisotopic (exact) mass is 491 g/mol. The van der Waals surface area contributed by atoms with E-state index < -0.39 is 12.0 Å². The zero-order valence-electron chi connectivity index (χ0n) is 16.6. The molecule has 0 saturated carbocycles. The van der Waals surface area contributed by atoms with Crippen LogP contribution in [0.25, 0.3) is 16.7 Å². The van der Waals surface area contributed by atoms with Gasteiger partial charge in [0.2, 0.25) is 11.7 Å². The van der Waals surface area contributed by atoms with Gasteiger partial charge >= 0.3 is 6.18 Å². The highest BCUT2D eigenvalue weighted by molar-refractivity contribution is 7.98. The van der Waals surface area contributed by atoms with Crippen LogP contribution in [0.5, 0.6) is 0 Å². The fourth-order valence-corrected chi connectivity index (χ4v) is 4.03. The number of thioether (sulfide) groups is 1. The number of benzene rings is 2. The van der Waals surface area contributed by atoms with Crippen LogP contribution in [0.15, 0.2) is 64.4 Å². The summed E-state index contributed by atoms with van der Waals surface area (Å²) in [6.45, 7) is -0.256. The minimum atomic E-state index is -4.62. The molecule has 0 bridgehead atoms. The van der Waals surface area contributed by atoms with E-state index in [9.17, 15) is 13.2 Å². The van der Waals surface area contributed by atoms with Crippen molar-refractivity contribution in [1.82, 2.24) is 34.7 Å². The maximum absolute atomic E-state index is 13.5. The lowest BCUT2D eigenvalue weighted by atomic mass is 10.3. The highest BCUT2D eigenvalue weighted by atomic mass is 35.5. The zero-order chi connectivity index (χ0) is 23.0. The Balaban J connectivity index is 1.30. The van der Waals surface area contributed by atoms with Gasteiger partial charge in [-0.1, -0.05) is 46.8 Å². The molecular formula is C20H13ClF3N7OS. The summed E-state index contributed by atoms with van der Waals surface area (Å²) in [6.07, 6.45) is -2.88. The fourth-order valence-electron chi connectivity index (χ4n) is 3.19. The first-order chi connectivity index (χ1) is 15.9. The molecule has 3 heterocycles. The Hall–Kier alpha value is -3.38. The number of hydrogen-bond donors (Lipinski definition) is 0. The summed E-state index contributed by atoms with van der Waals surface area (Å²) in [5.41, 5.74) is 1.98. The molecule has 13 heteroatoms. The van der Waals surface area contributed by atoms with Crippen molar-refractivity contribution in [3.05, 3.63) is 77.2 Å². The minimum Gasteiger partial charge on any atom is -0.414 e. The molecule has 0 unspecified atom stereocenters. The van der Waals surface area contributed by atoms with Crippen LogP contribution in [-0.4, -0.2) is 34.7 Å². The Morgan fingerprint density at radius 3 is 2.70 bits per heavy atom. The van der Waals surface area contributed by atoms with E-state index in [0.29, 0.717) is 22.0 Å². The molecule has 5 rings (SSSR count). The van der Waals surface area contributed by atoms with Crippen LogP contribution < -0.4 is 0 Å². The van der Waals surface area contributed by atoms with Gasteiger partial charge in [-0.2, -0.15) is 13.2 Å². The average molecular weight is 492 g/mol. The van der Waals surface area contributed by atoms with Crippen LogP contribution in [0.1, 0.15) is 17.4 Å². The molecule has 0 saturated heterocycles. The van der Waals surface area contributed by atoms with E-state index in [1.165, 1.54) is 17.8 Å². The van der Waals surface area contributed by atoms with Gasteiger partial charge in [0.25, 0.3) is 5.22 Å². The number of halogens is 4. The lowest BCUT2D eigenvalue weighted by molar-refractivity contribution is -0.146. The number of rotatable bonds is 6. The van der Waals surface area contributed by atoms with E-state index in [1.54, 1.807) is 47.3 Å². The number of fused-ring (bicyclic) bond motifs is 1. The molecular weight excluding hydrogens is 479 g/mol. The minimum absolute atomic E-state index is 0.0359. The summed E-state index contributed by atoms with van der Waals surface area (Å²) >= 11 is 7.20. The SMILES string of the molecule is FC(F)(F)c1nc2ccccc2n1Cc1nnc(SCc2cn(-c3cccc(Cl)c3)nn2)o1. The van der Waals surface area contributed by atoms with Crippen LogP contribution in [0, 0.1) is 0 Å². The molecule has 0 N–H and O–H groups in total. The first-order valence-electron chi connectivity index (χ1n) is 9.51. The van der Waals surface area contributed by atoms with Gasteiger partial charge in [0.15, 0.2) is 0 Å². The van der Waals surface area contributed by atoms with Crippen molar-refractivity contribution in [1.29, 1.82) is 0 Å². The molecule has 2 aromatic carbocycles. The van der Waals surface area contributed by atoms with Gasteiger partial charge < -0.3 is 8.98 Å². The number of hydrogen-bond acceptors (Lipinski definition) is 7. The molecule has 0 atom stereocenters. The number of para-hydroxylation sites is 2. The molecule has 0 aliphatic rings. The van der Waals surface area contributed by atoms with Gasteiger partial charge in [0.1, 0.15) is 6.54 Å². The van der Waals surface area contributed by atoms with Crippen molar-refractivity contribution in [2.75, 3.05) is 0 Å². The smallest absolute Gasteiger partial charge is 0.414 e. The number of aromatic nitrogens is 7. The van der Waals surface area contributed by atoms with Crippen molar-refractivity contribution in [3.63, 3.8) is 0 Å². The highest BCUT2D eigenvalue weighted by Crippen LogP contribution is 2.32. The van der Waals surface area contributed by atoms with Crippen LogP contribution in [-0.2, 0) is 18.5 Å². The lowest BCUT2D eigenvalue weighted by Gasteiger charge is -2.09. The predicted molar refractivity (Wildman–Crippen MR) is 114 cm³/mol. The zero-order valence-corrected chi connectivity index (χ0v) is 18.1. The molecule has 0 aliphatic carbocycles. The Labute approximate surface area is 193 Å². The second kappa shape index (κ2) is 8.52. The van der Waals surface area contributed by atoms with Gasteiger partial charge in [0.05, 0.1) is 28.6 Å². The molecule has 0 radical (unpaired) electrons. The Morgan fingerprint density at radius 2 is 1.88 bits per heavy atom. The third-order valence-electron chi connectivity index (χ3n) is 4.61. The molecule has 0 fully saturated rings. The fraction of sp³-hybridized carbons (Fsp3) is 0.150. The summed E-state index contributed by atoms with van der Waals surface area (Å²) in [7, 11) is 0. The molecule has 3 aromatic heterocycles. The summed E-state index contributed by atoms with van der Waals surface area (Å²) < 4.78 is 48.6. The summed E-state index contributed by atoms with van der Waals surface area (Å²) in [5, 5.41) is 16.8. The molecule has 33 heavy (non-hydrogen) atoms. The van der Waals surface area contributed by atoms with E-state index in [2.05, 4.69) is 25.5 Å². The average Bonchev–Trinajstić information content (AvgIpc) is 3.51. The van der Waals surface area contributed by atoms with E-state index >= 15 is 0 Å². The summed E-state index contributed by atoms with van der Waals surface area (Å²) in [5.74, 6) is -0.605. The second-order valence-electron chi connectivity index (χ2n) is 6.89. The quantitative estimate of drug-likeness (QED) is 0.308. The third kappa shape index (κ3) is 4.57. The van der Waals surface area contributed by atoms with Crippen LogP contribution in [0.3, 0.4) is 0 Å². The Bertz CT molecular complexity index is 1430. The van der Waals surface area contributed by atoms with Gasteiger partial charge in [0, 0.05) is 10.8 Å². The Morgan fingerprint density at radius 1 is 1.03 bits per heavy atom. The molecule has 0 aliphatic heterocycles. The molecule has 168 valence electrons. The van der Waals surface area contributed by atoms with Crippen molar-refractivity contribution in [2.24, 2.45) is 0 Å². The number of nitrogens with zero attached hydrogens (tertiary/aromatic N) is 7. The summed E-state index contributed by atoms with van der Waals surface area (Å²) in [6, 6.07) is 13.5. The number of alkyl halides is 3. The Kier molecular flexibility index (Phi) is 5.54. The van der Waals surface area contributed by atoms with Crippen molar-refractivity contribution in [2.45, 2.75) is 23.7 Å².